The minimum Gasteiger partial charge on any atom is -0.458 e. The minimum absolute atomic E-state index is 0.0959. The quantitative estimate of drug-likeness (QED) is 0.618. The molecule has 7 nitrogen and oxygen atoms in total. The van der Waals surface area contributed by atoms with Crippen LogP contribution in [0.5, 0.6) is 0 Å². The summed E-state index contributed by atoms with van der Waals surface area (Å²) in [5.41, 5.74) is 0.826. The zero-order valence-electron chi connectivity index (χ0n) is 12.1. The van der Waals surface area contributed by atoms with Gasteiger partial charge in [0.2, 0.25) is 5.76 Å². The summed E-state index contributed by atoms with van der Waals surface area (Å²) in [6.07, 6.45) is 3.00. The Morgan fingerprint density at radius 2 is 1.83 bits per heavy atom. The second kappa shape index (κ2) is 7.60. The second-order valence-electron chi connectivity index (χ2n) is 4.43. The molecular formula is C16H14N2O5. The lowest BCUT2D eigenvalue weighted by atomic mass is 10.2. The van der Waals surface area contributed by atoms with Gasteiger partial charge in [0.25, 0.3) is 5.91 Å². The molecule has 0 saturated heterocycles. The smallest absolute Gasteiger partial charge is 0.336 e. The fraction of sp³-hybridized carbons (Fsp3) is 0.0625. The molecule has 0 spiro atoms. The van der Waals surface area contributed by atoms with Crippen molar-refractivity contribution in [2.45, 2.75) is 6.61 Å². The van der Waals surface area contributed by atoms with Crippen LogP contribution >= 0.6 is 0 Å². The third kappa shape index (κ3) is 5.16. The molecule has 0 fully saturated rings. The van der Waals surface area contributed by atoms with Gasteiger partial charge >= 0.3 is 11.9 Å². The van der Waals surface area contributed by atoms with Crippen molar-refractivity contribution in [1.29, 1.82) is 0 Å². The van der Waals surface area contributed by atoms with E-state index in [9.17, 15) is 14.4 Å². The summed E-state index contributed by atoms with van der Waals surface area (Å²) < 4.78 is 9.73. The monoisotopic (exact) mass is 314 g/mol. The summed E-state index contributed by atoms with van der Waals surface area (Å²) in [7, 11) is 0. The highest BCUT2D eigenvalue weighted by molar-refractivity contribution is 5.98. The Balaban J connectivity index is 1.80. The van der Waals surface area contributed by atoms with Gasteiger partial charge in [0.05, 0.1) is 6.20 Å². The van der Waals surface area contributed by atoms with Gasteiger partial charge in [-0.2, -0.15) is 0 Å². The van der Waals surface area contributed by atoms with E-state index in [-0.39, 0.29) is 18.2 Å². The lowest BCUT2D eigenvalue weighted by Crippen LogP contribution is -2.36. The zero-order valence-corrected chi connectivity index (χ0v) is 12.1. The molecule has 0 aromatic heterocycles. The van der Waals surface area contributed by atoms with Crippen LogP contribution in [0, 0.1) is 0 Å². The van der Waals surface area contributed by atoms with E-state index in [2.05, 4.69) is 17.2 Å². The highest BCUT2D eigenvalue weighted by Gasteiger charge is 2.18. The number of hydrogen-bond donors (Lipinski definition) is 2. The summed E-state index contributed by atoms with van der Waals surface area (Å²) in [5.74, 6) is -2.14. The van der Waals surface area contributed by atoms with E-state index in [1.165, 1.54) is 6.20 Å². The Kier molecular flexibility index (Phi) is 5.30. The Labute approximate surface area is 132 Å². The van der Waals surface area contributed by atoms with Gasteiger partial charge in [0, 0.05) is 12.2 Å². The van der Waals surface area contributed by atoms with Crippen LogP contribution in [0.15, 0.2) is 66.8 Å². The number of rotatable bonds is 5. The molecular weight excluding hydrogens is 300 g/mol. The van der Waals surface area contributed by atoms with E-state index in [1.807, 2.05) is 18.2 Å². The van der Waals surface area contributed by atoms with Gasteiger partial charge in [-0.1, -0.05) is 36.9 Å². The molecule has 2 N–H and O–H groups in total. The number of hydrogen-bond acceptors (Lipinski definition) is 6. The zero-order chi connectivity index (χ0) is 16.7. The van der Waals surface area contributed by atoms with Crippen LogP contribution in [0.1, 0.15) is 5.56 Å². The summed E-state index contributed by atoms with van der Waals surface area (Å²) in [6.45, 7) is 3.58. The molecule has 0 unspecified atom stereocenters. The van der Waals surface area contributed by atoms with Gasteiger partial charge in [0.15, 0.2) is 0 Å². The predicted molar refractivity (Wildman–Crippen MR) is 80.0 cm³/mol. The summed E-state index contributed by atoms with van der Waals surface area (Å²) in [4.78, 5) is 34.5. The fourth-order valence-electron chi connectivity index (χ4n) is 1.58. The molecule has 118 valence electrons. The number of ether oxygens (including phenoxy) is 2. The summed E-state index contributed by atoms with van der Waals surface area (Å²) in [6, 6.07) is 9.10. The third-order valence-corrected chi connectivity index (χ3v) is 2.66. The van der Waals surface area contributed by atoms with Gasteiger partial charge in [-0.25, -0.2) is 9.59 Å². The number of esters is 2. The molecule has 1 amide bonds. The molecule has 2 rings (SSSR count). The summed E-state index contributed by atoms with van der Waals surface area (Å²) in [5, 5.41) is 4.92. The third-order valence-electron chi connectivity index (χ3n) is 2.66. The van der Waals surface area contributed by atoms with Crippen molar-refractivity contribution in [3.05, 3.63) is 72.4 Å². The lowest BCUT2D eigenvalue weighted by Gasteiger charge is -2.15. The van der Waals surface area contributed by atoms with Crippen molar-refractivity contribution in [3.63, 3.8) is 0 Å². The van der Waals surface area contributed by atoms with Crippen LogP contribution in [0.4, 0.5) is 0 Å². The Morgan fingerprint density at radius 3 is 2.52 bits per heavy atom. The van der Waals surface area contributed by atoms with Crippen LogP contribution in [-0.4, -0.2) is 17.8 Å². The normalized spacial score (nSPS) is 13.8. The van der Waals surface area contributed by atoms with Crippen molar-refractivity contribution in [2.24, 2.45) is 0 Å². The lowest BCUT2D eigenvalue weighted by molar-refractivity contribution is -0.140. The van der Waals surface area contributed by atoms with E-state index in [0.717, 1.165) is 17.7 Å². The number of carbonyl (C=O) groups excluding carboxylic acids is 3. The van der Waals surface area contributed by atoms with E-state index in [0.29, 0.717) is 0 Å². The maximum Gasteiger partial charge on any atom is 0.336 e. The maximum atomic E-state index is 11.5. The molecule has 1 aromatic carbocycles. The SMILES string of the molecule is C=C1NC=C(OC(=O)/C=C/C(=O)OCc2ccccc2)C(=O)N1. The molecule has 1 aliphatic heterocycles. The second-order valence-corrected chi connectivity index (χ2v) is 4.43. The Hall–Kier alpha value is -3.35. The van der Waals surface area contributed by atoms with Crippen LogP contribution in [0.2, 0.25) is 0 Å². The first-order valence-electron chi connectivity index (χ1n) is 6.62. The molecule has 0 saturated carbocycles. The van der Waals surface area contributed by atoms with Crippen LogP contribution in [-0.2, 0) is 30.5 Å². The first-order valence-corrected chi connectivity index (χ1v) is 6.62. The summed E-state index contributed by atoms with van der Waals surface area (Å²) >= 11 is 0. The highest BCUT2D eigenvalue weighted by Crippen LogP contribution is 2.04. The molecule has 23 heavy (non-hydrogen) atoms. The average molecular weight is 314 g/mol. The Bertz CT molecular complexity index is 692. The maximum absolute atomic E-state index is 11.5. The number of carbonyl (C=O) groups is 3. The van der Waals surface area contributed by atoms with Crippen molar-refractivity contribution in [3.8, 4) is 0 Å². The topological polar surface area (TPSA) is 93.7 Å². The molecule has 7 heteroatoms. The molecule has 0 bridgehead atoms. The number of nitrogens with one attached hydrogen (secondary N) is 2. The fourth-order valence-corrected chi connectivity index (χ4v) is 1.58. The minimum atomic E-state index is -0.877. The van der Waals surface area contributed by atoms with Gasteiger partial charge in [-0.15, -0.1) is 0 Å². The number of benzene rings is 1. The van der Waals surface area contributed by atoms with Crippen molar-refractivity contribution in [1.82, 2.24) is 10.6 Å². The van der Waals surface area contributed by atoms with Gasteiger partial charge in [-0.3, -0.25) is 4.79 Å². The van der Waals surface area contributed by atoms with Gasteiger partial charge < -0.3 is 20.1 Å². The van der Waals surface area contributed by atoms with Crippen LogP contribution in [0.3, 0.4) is 0 Å². The molecule has 0 aliphatic carbocycles. The van der Waals surface area contributed by atoms with Crippen molar-refractivity contribution < 1.29 is 23.9 Å². The first kappa shape index (κ1) is 16.0. The van der Waals surface area contributed by atoms with Gasteiger partial charge in [0.1, 0.15) is 12.4 Å². The highest BCUT2D eigenvalue weighted by atomic mass is 16.5. The number of amides is 1. The van der Waals surface area contributed by atoms with E-state index in [4.69, 9.17) is 9.47 Å². The predicted octanol–water partition coefficient (Wildman–Crippen LogP) is 0.861. The van der Waals surface area contributed by atoms with Crippen LogP contribution in [0.25, 0.3) is 0 Å². The van der Waals surface area contributed by atoms with E-state index >= 15 is 0 Å². The largest absolute Gasteiger partial charge is 0.458 e. The van der Waals surface area contributed by atoms with Crippen molar-refractivity contribution >= 4 is 17.8 Å². The van der Waals surface area contributed by atoms with Crippen LogP contribution < -0.4 is 10.6 Å². The molecule has 1 heterocycles. The van der Waals surface area contributed by atoms with E-state index < -0.39 is 17.8 Å². The standard InChI is InChI=1S/C16H14N2O5/c1-11-17-9-13(16(21)18-11)23-15(20)8-7-14(19)22-10-12-5-3-2-4-6-12/h2-9,17H,1,10H2,(H,18,21)/b8-7+. The molecule has 1 aromatic rings. The van der Waals surface area contributed by atoms with Crippen molar-refractivity contribution in [2.75, 3.05) is 0 Å². The Morgan fingerprint density at radius 1 is 1.13 bits per heavy atom. The molecule has 1 aliphatic rings. The molecule has 0 atom stereocenters. The van der Waals surface area contributed by atoms with E-state index in [1.54, 1.807) is 12.1 Å². The average Bonchev–Trinajstić information content (AvgIpc) is 2.54. The molecule has 0 radical (unpaired) electrons. The first-order chi connectivity index (χ1) is 11.0. The van der Waals surface area contributed by atoms with Gasteiger partial charge in [-0.05, 0) is 5.56 Å².